The SMILES string of the molecule is CCCCCCCCCCCCCCCC[C@@H](NC(=O)OC(C)(C)C)C(=O)N[C@@H]1O[C@H](COC(C)=O)[C@@H](O[C@H]2O[C@H](COC(C)=O)[C@@H](O[C@H]3O[C@H](COC(C)=O)[C@@H](OC(C)=O)[C@H](OC(C)=O)[C@H]3OC(C)=O)[C@H](OC(C)=O)[C@H]2OC(C)=O)[C@H](OC(C)=O)[C@H]1OC(C)=O. The van der Waals surface area contributed by atoms with Crippen molar-refractivity contribution in [3.05, 3.63) is 0 Å². The third kappa shape index (κ3) is 29.2. The highest BCUT2D eigenvalue weighted by molar-refractivity contribution is 5.86. The minimum absolute atomic E-state index is 0.0943. The highest BCUT2D eigenvalue weighted by Crippen LogP contribution is 2.38. The van der Waals surface area contributed by atoms with Crippen LogP contribution in [0.1, 0.15) is 193 Å². The molecule has 2 amide bonds. The molecular weight excluding hydrogens is 1210 g/mol. The number of carbonyl (C=O) groups is 12. The van der Waals surface area contributed by atoms with Gasteiger partial charge in [0.1, 0.15) is 62.0 Å². The van der Waals surface area contributed by atoms with Crippen LogP contribution in [-0.4, -0.2) is 195 Å². The Morgan fingerprint density at radius 3 is 1.04 bits per heavy atom. The van der Waals surface area contributed by atoms with Crippen molar-refractivity contribution in [1.29, 1.82) is 0 Å². The molecule has 518 valence electrons. The lowest BCUT2D eigenvalue weighted by atomic mass is 9.94. The molecule has 3 saturated heterocycles. The summed E-state index contributed by atoms with van der Waals surface area (Å²) in [5, 5.41) is 5.26. The predicted octanol–water partition coefficient (Wildman–Crippen LogP) is 5.02. The van der Waals surface area contributed by atoms with Crippen LogP contribution in [0.25, 0.3) is 0 Å². The zero-order chi connectivity index (χ0) is 68.1. The summed E-state index contributed by atoms with van der Waals surface area (Å²) in [4.78, 5) is 156. The van der Waals surface area contributed by atoms with Crippen LogP contribution in [0.2, 0.25) is 0 Å². The number of rotatable bonds is 35. The second-order valence-electron chi connectivity index (χ2n) is 23.4. The molecule has 0 unspecified atom stereocenters. The van der Waals surface area contributed by atoms with Gasteiger partial charge in [0, 0.05) is 69.2 Å². The first kappa shape index (κ1) is 78.5. The van der Waals surface area contributed by atoms with Gasteiger partial charge in [-0.05, 0) is 27.2 Å². The smallest absolute Gasteiger partial charge is 0.408 e. The first-order chi connectivity index (χ1) is 42.8. The van der Waals surface area contributed by atoms with Gasteiger partial charge in [0.25, 0.3) is 0 Å². The van der Waals surface area contributed by atoms with Crippen LogP contribution in [0.5, 0.6) is 0 Å². The van der Waals surface area contributed by atoms with Gasteiger partial charge in [-0.3, -0.25) is 52.7 Å². The van der Waals surface area contributed by atoms with E-state index < -0.39 is 195 Å². The molecule has 0 radical (unpaired) electrons. The van der Waals surface area contributed by atoms with Gasteiger partial charge in [0.2, 0.25) is 5.91 Å². The molecule has 0 aromatic carbocycles. The lowest BCUT2D eigenvalue weighted by Crippen LogP contribution is -2.70. The third-order valence-electron chi connectivity index (χ3n) is 14.0. The number of hydrogen-bond acceptors (Lipinski definition) is 28. The van der Waals surface area contributed by atoms with Gasteiger partial charge < -0.3 is 86.4 Å². The van der Waals surface area contributed by atoms with Crippen molar-refractivity contribution in [3.63, 3.8) is 0 Å². The van der Waals surface area contributed by atoms with Gasteiger partial charge in [-0.25, -0.2) is 4.79 Å². The Morgan fingerprint density at radius 1 is 0.374 bits per heavy atom. The Balaban J connectivity index is 2.17. The molecule has 91 heavy (non-hydrogen) atoms. The van der Waals surface area contributed by atoms with Crippen LogP contribution in [0, 0.1) is 0 Å². The van der Waals surface area contributed by atoms with E-state index in [1.165, 1.54) is 44.9 Å². The zero-order valence-corrected chi connectivity index (χ0v) is 54.9. The molecular formula is C61H96N2O28. The van der Waals surface area contributed by atoms with Crippen LogP contribution in [0.3, 0.4) is 0 Å². The minimum Gasteiger partial charge on any atom is -0.463 e. The van der Waals surface area contributed by atoms with Gasteiger partial charge in [-0.1, -0.05) is 96.8 Å². The molecule has 0 aromatic rings. The molecule has 30 heteroatoms. The van der Waals surface area contributed by atoms with Crippen molar-refractivity contribution in [2.45, 2.75) is 297 Å². The average Bonchev–Trinajstić information content (AvgIpc) is 0.793. The average molecular weight is 1310 g/mol. The van der Waals surface area contributed by atoms with Crippen LogP contribution in [0.15, 0.2) is 0 Å². The van der Waals surface area contributed by atoms with Crippen molar-refractivity contribution in [2.75, 3.05) is 19.8 Å². The molecule has 3 fully saturated rings. The summed E-state index contributed by atoms with van der Waals surface area (Å²) in [5.41, 5.74) is -0.977. The lowest BCUT2D eigenvalue weighted by Gasteiger charge is -2.50. The monoisotopic (exact) mass is 1300 g/mol. The highest BCUT2D eigenvalue weighted by Gasteiger charge is 2.60. The second-order valence-corrected chi connectivity index (χ2v) is 23.4. The molecule has 30 nitrogen and oxygen atoms in total. The molecule has 0 aliphatic carbocycles. The third-order valence-corrected chi connectivity index (χ3v) is 14.0. The predicted molar refractivity (Wildman–Crippen MR) is 311 cm³/mol. The molecule has 3 rings (SSSR count). The normalized spacial score (nSPS) is 26.6. The van der Waals surface area contributed by atoms with E-state index in [2.05, 4.69) is 17.6 Å². The van der Waals surface area contributed by atoms with Gasteiger partial charge >= 0.3 is 65.8 Å². The highest BCUT2D eigenvalue weighted by atomic mass is 16.8. The quantitative estimate of drug-likeness (QED) is 0.0477. The first-order valence-electron chi connectivity index (χ1n) is 31.0. The molecule has 16 atom stereocenters. The topological polar surface area (TPSA) is 377 Å². The Bertz CT molecular complexity index is 2410. The van der Waals surface area contributed by atoms with Crippen LogP contribution in [-0.2, 0) is 129 Å². The summed E-state index contributed by atoms with van der Waals surface area (Å²) in [5.74, 6) is -10.8. The second kappa shape index (κ2) is 39.6. The summed E-state index contributed by atoms with van der Waals surface area (Å²) in [7, 11) is 0. The molecule has 0 bridgehead atoms. The van der Waals surface area contributed by atoms with Crippen LogP contribution in [0.4, 0.5) is 4.79 Å². The fraction of sp³-hybridized carbons (Fsp3) is 0.803. The van der Waals surface area contributed by atoms with E-state index in [4.69, 9.17) is 75.8 Å². The van der Waals surface area contributed by atoms with Crippen molar-refractivity contribution >= 4 is 71.7 Å². The van der Waals surface area contributed by atoms with Crippen molar-refractivity contribution in [1.82, 2.24) is 10.6 Å². The van der Waals surface area contributed by atoms with E-state index in [0.29, 0.717) is 12.8 Å². The van der Waals surface area contributed by atoms with Crippen LogP contribution >= 0.6 is 0 Å². The number of esters is 10. The maximum atomic E-state index is 14.6. The van der Waals surface area contributed by atoms with Gasteiger partial charge in [-0.15, -0.1) is 0 Å². The van der Waals surface area contributed by atoms with Gasteiger partial charge in [-0.2, -0.15) is 0 Å². The van der Waals surface area contributed by atoms with E-state index in [1.54, 1.807) is 20.8 Å². The maximum absolute atomic E-state index is 14.6. The van der Waals surface area contributed by atoms with E-state index in [1.807, 2.05) is 0 Å². The van der Waals surface area contributed by atoms with E-state index in [0.717, 1.165) is 101 Å². The van der Waals surface area contributed by atoms with Crippen molar-refractivity contribution in [3.8, 4) is 0 Å². The van der Waals surface area contributed by atoms with Gasteiger partial charge in [0.05, 0.1) is 0 Å². The molecule has 3 heterocycles. The largest absolute Gasteiger partial charge is 0.463 e. The van der Waals surface area contributed by atoms with E-state index in [-0.39, 0.29) is 6.42 Å². The van der Waals surface area contributed by atoms with E-state index >= 15 is 0 Å². The molecule has 3 aliphatic rings. The first-order valence-corrected chi connectivity index (χ1v) is 31.0. The maximum Gasteiger partial charge on any atom is 0.408 e. The number of unbranched alkanes of at least 4 members (excludes halogenated alkanes) is 13. The molecule has 0 saturated carbocycles. The molecule has 3 aliphatic heterocycles. The summed E-state index contributed by atoms with van der Waals surface area (Å²) in [6, 6.07) is -1.30. The fourth-order valence-electron chi connectivity index (χ4n) is 10.4. The van der Waals surface area contributed by atoms with Crippen molar-refractivity contribution < 1.29 is 133 Å². The summed E-state index contributed by atoms with van der Waals surface area (Å²) in [6.45, 7) is 14.6. The Kier molecular flexibility index (Phi) is 34.1. The Hall–Kier alpha value is -6.76. The van der Waals surface area contributed by atoms with E-state index in [9.17, 15) is 57.5 Å². The lowest BCUT2D eigenvalue weighted by molar-refractivity contribution is -0.374. The number of nitrogens with one attached hydrogen (secondary N) is 2. The number of ether oxygens (including phenoxy) is 16. The van der Waals surface area contributed by atoms with Gasteiger partial charge in [0.15, 0.2) is 61.5 Å². The molecule has 2 N–H and O–H groups in total. The minimum atomic E-state index is -2.12. The summed E-state index contributed by atoms with van der Waals surface area (Å²) in [6.07, 6.45) is -13.9. The fourth-order valence-corrected chi connectivity index (χ4v) is 10.4. The Labute approximate surface area is 530 Å². The number of carbonyl (C=O) groups excluding carboxylic acids is 12. The van der Waals surface area contributed by atoms with Crippen LogP contribution < -0.4 is 10.6 Å². The standard InChI is InChI=1S/C61H96N2O28/c1-15-16-17-18-19-20-21-22-23-24-25-26-27-28-29-43(62-60(75)91-61(12,13)14)56(74)63-57-53(83-40(9)71)50(80-37(6)68)48(44(86-57)30-76-33(2)64)89-59-55(85-42(11)73)52(82-39(8)70)49(46(88-59)32-78-35(4)66)90-58-54(84-41(10)72)51(81-38(7)69)47(79-36(5)67)45(87-58)31-77-34(3)65/h43-55,57-59H,15-32H2,1-14H3,(H,62,75)(H,63,74)/t43-,44-,45-,46-,47-,48-,49-,50+,51+,52+,53-,54-,55-,57-,58-,59-/m1/s1. The number of alkyl carbamates (subject to hydrolysis) is 1. The molecule has 0 spiro atoms. The van der Waals surface area contributed by atoms with Crippen molar-refractivity contribution in [2.24, 2.45) is 0 Å². The summed E-state index contributed by atoms with van der Waals surface area (Å²) < 4.78 is 93.4. The number of amides is 2. The summed E-state index contributed by atoms with van der Waals surface area (Å²) >= 11 is 0. The Morgan fingerprint density at radius 2 is 0.681 bits per heavy atom. The molecule has 0 aromatic heterocycles. The number of hydrogen-bond donors (Lipinski definition) is 2. The zero-order valence-electron chi connectivity index (χ0n) is 54.9.